The van der Waals surface area contributed by atoms with Gasteiger partial charge in [-0.1, -0.05) is 57.2 Å². The number of ether oxygens (including phenoxy) is 1. The van der Waals surface area contributed by atoms with Crippen molar-refractivity contribution in [2.45, 2.75) is 38.7 Å². The fourth-order valence-corrected chi connectivity index (χ4v) is 2.60. The van der Waals surface area contributed by atoms with E-state index >= 15 is 0 Å². The molecule has 0 aliphatic rings. The van der Waals surface area contributed by atoms with E-state index in [2.05, 4.69) is 26.8 Å². The minimum atomic E-state index is -0.507. The molecular weight excluding hydrogens is 260 g/mol. The fraction of sp³-hybridized carbons (Fsp3) is 0.368. The average Bonchev–Trinajstić information content (AvgIpc) is 2.46. The van der Waals surface area contributed by atoms with Gasteiger partial charge in [0.1, 0.15) is 5.75 Å². The summed E-state index contributed by atoms with van der Waals surface area (Å²) < 4.78 is 5.24. The van der Waals surface area contributed by atoms with Crippen molar-refractivity contribution < 1.29 is 9.84 Å². The molecule has 2 aromatic rings. The number of methoxy groups -OCH3 is 1. The summed E-state index contributed by atoms with van der Waals surface area (Å²) in [6.07, 6.45) is 0.0807. The summed E-state index contributed by atoms with van der Waals surface area (Å²) in [7, 11) is 1.66. The Hall–Kier alpha value is -1.80. The van der Waals surface area contributed by atoms with E-state index in [-0.39, 0.29) is 5.41 Å². The maximum absolute atomic E-state index is 10.6. The molecule has 1 unspecified atom stereocenters. The summed E-state index contributed by atoms with van der Waals surface area (Å²) in [4.78, 5) is 0. The summed E-state index contributed by atoms with van der Waals surface area (Å²) in [6.45, 7) is 6.51. The van der Waals surface area contributed by atoms with Gasteiger partial charge in [0, 0.05) is 6.42 Å². The van der Waals surface area contributed by atoms with Crippen LogP contribution in [-0.2, 0) is 11.8 Å². The zero-order chi connectivity index (χ0) is 15.5. The molecule has 21 heavy (non-hydrogen) atoms. The first-order valence-electron chi connectivity index (χ1n) is 7.32. The molecule has 1 atom stereocenters. The molecule has 0 saturated heterocycles. The van der Waals surface area contributed by atoms with Crippen LogP contribution in [0.3, 0.4) is 0 Å². The Morgan fingerprint density at radius 1 is 1.05 bits per heavy atom. The molecule has 0 radical (unpaired) electrons. The van der Waals surface area contributed by atoms with E-state index in [0.717, 1.165) is 16.9 Å². The third kappa shape index (κ3) is 3.85. The predicted octanol–water partition coefficient (Wildman–Crippen LogP) is 4.27. The summed E-state index contributed by atoms with van der Waals surface area (Å²) in [5.41, 5.74) is 3.30. The third-order valence-corrected chi connectivity index (χ3v) is 3.69. The van der Waals surface area contributed by atoms with E-state index in [1.54, 1.807) is 7.11 Å². The normalized spacial score (nSPS) is 13.0. The number of rotatable bonds is 4. The van der Waals surface area contributed by atoms with Crippen molar-refractivity contribution in [3.05, 3.63) is 65.2 Å². The van der Waals surface area contributed by atoms with Crippen LogP contribution in [0.25, 0.3) is 0 Å². The van der Waals surface area contributed by atoms with Crippen LogP contribution >= 0.6 is 0 Å². The van der Waals surface area contributed by atoms with Crippen molar-refractivity contribution >= 4 is 0 Å². The van der Waals surface area contributed by atoms with Crippen molar-refractivity contribution in [2.24, 2.45) is 0 Å². The maximum Gasteiger partial charge on any atom is 0.119 e. The number of benzene rings is 2. The van der Waals surface area contributed by atoms with Crippen molar-refractivity contribution in [1.82, 2.24) is 0 Å². The maximum atomic E-state index is 10.6. The molecule has 0 amide bonds. The molecule has 0 saturated carbocycles. The van der Waals surface area contributed by atoms with Gasteiger partial charge in [-0.3, -0.25) is 0 Å². The van der Waals surface area contributed by atoms with Crippen LogP contribution in [0.5, 0.6) is 5.75 Å². The first-order chi connectivity index (χ1) is 9.91. The second-order valence-corrected chi connectivity index (χ2v) is 6.41. The van der Waals surface area contributed by atoms with Gasteiger partial charge in [-0.05, 0) is 34.2 Å². The first kappa shape index (κ1) is 15.6. The van der Waals surface area contributed by atoms with E-state index in [9.17, 15) is 5.11 Å². The van der Waals surface area contributed by atoms with Gasteiger partial charge in [-0.2, -0.15) is 0 Å². The van der Waals surface area contributed by atoms with Crippen LogP contribution in [0.2, 0.25) is 0 Å². The summed E-state index contributed by atoms with van der Waals surface area (Å²) >= 11 is 0. The van der Waals surface area contributed by atoms with Gasteiger partial charge < -0.3 is 9.84 Å². The zero-order valence-electron chi connectivity index (χ0n) is 13.3. The zero-order valence-corrected chi connectivity index (χ0v) is 13.3. The Labute approximate surface area is 127 Å². The fourth-order valence-electron chi connectivity index (χ4n) is 2.60. The third-order valence-electron chi connectivity index (χ3n) is 3.69. The van der Waals surface area contributed by atoms with E-state index in [1.807, 2.05) is 42.5 Å². The molecule has 0 aromatic heterocycles. The number of hydrogen-bond donors (Lipinski definition) is 1. The lowest BCUT2D eigenvalue weighted by Crippen LogP contribution is -2.16. The van der Waals surface area contributed by atoms with Gasteiger partial charge in [0.25, 0.3) is 0 Å². The lowest BCUT2D eigenvalue weighted by molar-refractivity contribution is 0.176. The molecule has 0 aliphatic carbocycles. The van der Waals surface area contributed by atoms with Crippen LogP contribution in [-0.4, -0.2) is 12.2 Å². The Morgan fingerprint density at radius 3 is 2.43 bits per heavy atom. The van der Waals surface area contributed by atoms with Crippen molar-refractivity contribution in [3.63, 3.8) is 0 Å². The Morgan fingerprint density at radius 2 is 1.76 bits per heavy atom. The standard InChI is InChI=1S/C19H24O2/c1-19(2,3)17-11-6-5-10-16(17)18(20)13-14-8-7-9-15(12-14)21-4/h5-12,18,20H,13H2,1-4H3. The van der Waals surface area contributed by atoms with E-state index in [1.165, 1.54) is 5.56 Å². The van der Waals surface area contributed by atoms with Crippen LogP contribution in [0.15, 0.2) is 48.5 Å². The smallest absolute Gasteiger partial charge is 0.119 e. The molecule has 0 aliphatic heterocycles. The SMILES string of the molecule is COc1cccc(CC(O)c2ccccc2C(C)(C)C)c1. The van der Waals surface area contributed by atoms with E-state index in [0.29, 0.717) is 6.42 Å². The molecule has 0 heterocycles. The van der Waals surface area contributed by atoms with Crippen molar-refractivity contribution in [2.75, 3.05) is 7.11 Å². The Balaban J connectivity index is 2.26. The highest BCUT2D eigenvalue weighted by molar-refractivity contribution is 5.36. The largest absolute Gasteiger partial charge is 0.497 e. The predicted molar refractivity (Wildman–Crippen MR) is 86.8 cm³/mol. The van der Waals surface area contributed by atoms with Gasteiger partial charge in [0.05, 0.1) is 13.2 Å². The molecule has 112 valence electrons. The highest BCUT2D eigenvalue weighted by Gasteiger charge is 2.21. The summed E-state index contributed by atoms with van der Waals surface area (Å²) in [5, 5.41) is 10.6. The molecule has 2 aromatic carbocycles. The van der Waals surface area contributed by atoms with Crippen LogP contribution in [0.1, 0.15) is 43.6 Å². The average molecular weight is 284 g/mol. The quantitative estimate of drug-likeness (QED) is 0.908. The topological polar surface area (TPSA) is 29.5 Å². The van der Waals surface area contributed by atoms with E-state index < -0.39 is 6.10 Å². The number of aliphatic hydroxyl groups is 1. The highest BCUT2D eigenvalue weighted by atomic mass is 16.5. The van der Waals surface area contributed by atoms with Crippen LogP contribution < -0.4 is 4.74 Å². The van der Waals surface area contributed by atoms with Crippen LogP contribution in [0, 0.1) is 0 Å². The lowest BCUT2D eigenvalue weighted by Gasteiger charge is -2.25. The number of hydrogen-bond acceptors (Lipinski definition) is 2. The van der Waals surface area contributed by atoms with Gasteiger partial charge in [0.15, 0.2) is 0 Å². The van der Waals surface area contributed by atoms with Gasteiger partial charge in [-0.15, -0.1) is 0 Å². The van der Waals surface area contributed by atoms with Crippen molar-refractivity contribution in [3.8, 4) is 5.75 Å². The lowest BCUT2D eigenvalue weighted by atomic mass is 9.81. The monoisotopic (exact) mass is 284 g/mol. The molecule has 1 N–H and O–H groups in total. The molecular formula is C19H24O2. The first-order valence-corrected chi connectivity index (χ1v) is 7.32. The van der Waals surface area contributed by atoms with Crippen molar-refractivity contribution in [1.29, 1.82) is 0 Å². The second-order valence-electron chi connectivity index (χ2n) is 6.41. The molecule has 2 heteroatoms. The minimum absolute atomic E-state index is 0.0198. The Kier molecular flexibility index (Phi) is 4.69. The van der Waals surface area contributed by atoms with Gasteiger partial charge in [-0.25, -0.2) is 0 Å². The molecule has 2 rings (SSSR count). The second kappa shape index (κ2) is 6.31. The van der Waals surface area contributed by atoms with Crippen LogP contribution in [0.4, 0.5) is 0 Å². The molecule has 2 nitrogen and oxygen atoms in total. The van der Waals surface area contributed by atoms with Gasteiger partial charge >= 0.3 is 0 Å². The summed E-state index contributed by atoms with van der Waals surface area (Å²) in [6, 6.07) is 16.0. The number of aliphatic hydroxyl groups excluding tert-OH is 1. The highest BCUT2D eigenvalue weighted by Crippen LogP contribution is 2.31. The molecule has 0 bridgehead atoms. The summed E-state index contributed by atoms with van der Waals surface area (Å²) in [5.74, 6) is 0.823. The molecule has 0 spiro atoms. The molecule has 0 fully saturated rings. The Bertz CT molecular complexity index is 597. The minimum Gasteiger partial charge on any atom is -0.497 e. The van der Waals surface area contributed by atoms with E-state index in [4.69, 9.17) is 4.74 Å². The van der Waals surface area contributed by atoms with Gasteiger partial charge in [0.2, 0.25) is 0 Å².